The molecule has 1 aliphatic rings. The van der Waals surface area contributed by atoms with Gasteiger partial charge < -0.3 is 24.8 Å². The molecule has 7 heteroatoms. The summed E-state index contributed by atoms with van der Waals surface area (Å²) >= 11 is 5.49. The topological polar surface area (TPSA) is 61.8 Å². The van der Waals surface area contributed by atoms with Gasteiger partial charge in [-0.25, -0.2) is 0 Å². The molecule has 0 radical (unpaired) electrons. The molecule has 0 spiro atoms. The lowest BCUT2D eigenvalue weighted by Gasteiger charge is -2.29. The van der Waals surface area contributed by atoms with E-state index in [-0.39, 0.29) is 5.56 Å². The Morgan fingerprint density at radius 1 is 1.30 bits per heavy atom. The number of nitrogens with one attached hydrogen (secondary N) is 3. The number of thiocarbonyl (C=S) groups is 1. The summed E-state index contributed by atoms with van der Waals surface area (Å²) in [6.45, 7) is 10.1. The number of morpholine rings is 1. The van der Waals surface area contributed by atoms with E-state index in [0.29, 0.717) is 11.7 Å². The third kappa shape index (κ3) is 4.86. The minimum Gasteiger partial charge on any atom is -0.370 e. The van der Waals surface area contributed by atoms with Gasteiger partial charge in [-0.2, -0.15) is 0 Å². The van der Waals surface area contributed by atoms with Crippen LogP contribution in [0.1, 0.15) is 16.7 Å². The summed E-state index contributed by atoms with van der Waals surface area (Å²) in [6, 6.07) is 6.20. The summed E-state index contributed by atoms with van der Waals surface area (Å²) in [7, 11) is 1.83. The van der Waals surface area contributed by atoms with Gasteiger partial charge in [0.2, 0.25) is 0 Å². The van der Waals surface area contributed by atoms with Crippen molar-refractivity contribution >= 4 is 28.2 Å². The van der Waals surface area contributed by atoms with Gasteiger partial charge in [-0.1, -0.05) is 11.6 Å². The fraction of sp³-hybridized carbons (Fsp3) is 0.500. The van der Waals surface area contributed by atoms with Crippen LogP contribution in [-0.2, 0) is 11.3 Å². The van der Waals surface area contributed by atoms with Gasteiger partial charge in [0.25, 0.3) is 5.56 Å². The maximum Gasteiger partial charge on any atom is 0.253 e. The van der Waals surface area contributed by atoms with Gasteiger partial charge in [-0.3, -0.25) is 4.79 Å². The largest absolute Gasteiger partial charge is 0.370 e. The second-order valence-electron chi connectivity index (χ2n) is 7.26. The second-order valence-corrected chi connectivity index (χ2v) is 7.65. The van der Waals surface area contributed by atoms with Gasteiger partial charge in [0.15, 0.2) is 5.11 Å². The minimum atomic E-state index is -0.0444. The summed E-state index contributed by atoms with van der Waals surface area (Å²) in [5.41, 5.74) is 3.89. The van der Waals surface area contributed by atoms with Crippen LogP contribution in [-0.4, -0.2) is 61.4 Å². The third-order valence-corrected chi connectivity index (χ3v) is 5.63. The number of aryl methyl sites for hydroxylation is 2. The number of aromatic nitrogens is 1. The van der Waals surface area contributed by atoms with Crippen LogP contribution in [0.5, 0.6) is 0 Å². The van der Waals surface area contributed by atoms with E-state index in [0.717, 1.165) is 61.4 Å². The molecular formula is C20H29N4O2S+. The highest BCUT2D eigenvalue weighted by molar-refractivity contribution is 7.80. The van der Waals surface area contributed by atoms with E-state index in [1.54, 1.807) is 0 Å². The zero-order chi connectivity index (χ0) is 19.4. The monoisotopic (exact) mass is 389 g/mol. The van der Waals surface area contributed by atoms with E-state index < -0.39 is 0 Å². The molecule has 1 fully saturated rings. The lowest BCUT2D eigenvalue weighted by atomic mass is 10.1. The highest BCUT2D eigenvalue weighted by atomic mass is 32.1. The molecule has 1 aromatic carbocycles. The molecule has 0 unspecified atom stereocenters. The summed E-state index contributed by atoms with van der Waals surface area (Å²) < 4.78 is 5.43. The number of hydrogen-bond donors (Lipinski definition) is 3. The van der Waals surface area contributed by atoms with Gasteiger partial charge in [0, 0.05) is 12.6 Å². The molecular weight excluding hydrogens is 360 g/mol. The quantitative estimate of drug-likeness (QED) is 0.645. The van der Waals surface area contributed by atoms with Crippen molar-refractivity contribution in [3.63, 3.8) is 0 Å². The van der Waals surface area contributed by atoms with Crippen LogP contribution in [0.25, 0.3) is 10.9 Å². The Hall–Kier alpha value is -1.96. The molecule has 0 amide bonds. The number of pyridine rings is 1. The highest BCUT2D eigenvalue weighted by Gasteiger charge is 2.18. The van der Waals surface area contributed by atoms with Crippen LogP contribution in [0.3, 0.4) is 0 Å². The number of nitrogens with zero attached hydrogens (tertiary/aromatic N) is 1. The predicted octanol–water partition coefficient (Wildman–Crippen LogP) is 0.366. The van der Waals surface area contributed by atoms with Gasteiger partial charge >= 0.3 is 0 Å². The van der Waals surface area contributed by atoms with Gasteiger partial charge in [0.05, 0.1) is 38.4 Å². The number of hydrogen-bond acceptors (Lipinski definition) is 3. The number of H-pyrrole nitrogens is 1. The Morgan fingerprint density at radius 3 is 2.74 bits per heavy atom. The number of fused-ring (bicyclic) bond motifs is 1. The summed E-state index contributed by atoms with van der Waals surface area (Å²) in [5, 5.41) is 4.79. The molecule has 2 aromatic rings. The normalized spacial score (nSPS) is 15.1. The number of benzene rings is 1. The lowest BCUT2D eigenvalue weighted by Crippen LogP contribution is -3.14. The van der Waals surface area contributed by atoms with Crippen molar-refractivity contribution in [3.05, 3.63) is 45.2 Å². The highest BCUT2D eigenvalue weighted by Crippen LogP contribution is 2.18. The van der Waals surface area contributed by atoms with Crippen LogP contribution < -0.4 is 15.8 Å². The fourth-order valence-corrected chi connectivity index (χ4v) is 3.82. The van der Waals surface area contributed by atoms with Crippen molar-refractivity contribution in [3.8, 4) is 0 Å². The molecule has 0 bridgehead atoms. The molecule has 0 atom stereocenters. The van der Waals surface area contributed by atoms with E-state index in [4.69, 9.17) is 17.0 Å². The van der Waals surface area contributed by atoms with Gasteiger partial charge in [-0.05, 0) is 49.1 Å². The summed E-state index contributed by atoms with van der Waals surface area (Å²) in [5.74, 6) is 0. The molecule has 3 N–H and O–H groups in total. The molecule has 2 heterocycles. The zero-order valence-corrected chi connectivity index (χ0v) is 17.2. The van der Waals surface area contributed by atoms with Crippen LogP contribution in [0, 0.1) is 13.8 Å². The van der Waals surface area contributed by atoms with Crippen molar-refractivity contribution in [1.29, 1.82) is 0 Å². The SMILES string of the molecule is CNC(=S)N(CC[NH+]1CCOCC1)Cc1cc2cc(C)cc(C)c2[nH]c1=O. The van der Waals surface area contributed by atoms with Gasteiger partial charge in [-0.15, -0.1) is 0 Å². The second kappa shape index (κ2) is 8.82. The summed E-state index contributed by atoms with van der Waals surface area (Å²) in [6.07, 6.45) is 0. The Balaban J connectivity index is 1.81. The Kier molecular flexibility index (Phi) is 6.46. The third-order valence-electron chi connectivity index (χ3n) is 5.17. The van der Waals surface area contributed by atoms with E-state index in [9.17, 15) is 4.79 Å². The molecule has 0 saturated carbocycles. The first-order valence-corrected chi connectivity index (χ1v) is 9.90. The van der Waals surface area contributed by atoms with E-state index in [1.807, 2.05) is 20.0 Å². The first-order valence-electron chi connectivity index (χ1n) is 9.49. The van der Waals surface area contributed by atoms with Crippen LogP contribution in [0.15, 0.2) is 23.0 Å². The Morgan fingerprint density at radius 2 is 2.04 bits per heavy atom. The number of quaternary nitrogens is 1. The van der Waals surface area contributed by atoms with E-state index >= 15 is 0 Å². The predicted molar refractivity (Wildman–Crippen MR) is 112 cm³/mol. The zero-order valence-electron chi connectivity index (χ0n) is 16.4. The molecule has 1 aliphatic heterocycles. The molecule has 27 heavy (non-hydrogen) atoms. The number of rotatable bonds is 5. The maximum atomic E-state index is 12.7. The molecule has 146 valence electrons. The van der Waals surface area contributed by atoms with Crippen molar-refractivity contribution in [2.45, 2.75) is 20.4 Å². The number of ether oxygens (including phenoxy) is 1. The molecule has 1 aromatic heterocycles. The van der Waals surface area contributed by atoms with Crippen LogP contribution in [0.4, 0.5) is 0 Å². The average Bonchev–Trinajstić information content (AvgIpc) is 2.66. The maximum absolute atomic E-state index is 12.7. The number of aromatic amines is 1. The van der Waals surface area contributed by atoms with Crippen molar-refractivity contribution in [2.24, 2.45) is 0 Å². The smallest absolute Gasteiger partial charge is 0.253 e. The average molecular weight is 390 g/mol. The van der Waals surface area contributed by atoms with Crippen molar-refractivity contribution in [1.82, 2.24) is 15.2 Å². The fourth-order valence-electron chi connectivity index (χ4n) is 3.67. The van der Waals surface area contributed by atoms with E-state index in [2.05, 4.69) is 34.3 Å². The van der Waals surface area contributed by atoms with Crippen LogP contribution >= 0.6 is 12.2 Å². The van der Waals surface area contributed by atoms with Crippen LogP contribution in [0.2, 0.25) is 0 Å². The summed E-state index contributed by atoms with van der Waals surface area (Å²) in [4.78, 5) is 19.3. The molecule has 3 rings (SSSR count). The van der Waals surface area contributed by atoms with Crippen molar-refractivity contribution in [2.75, 3.05) is 46.4 Å². The Bertz CT molecular complexity index is 874. The first-order chi connectivity index (χ1) is 13.0. The van der Waals surface area contributed by atoms with Gasteiger partial charge in [0.1, 0.15) is 13.1 Å². The molecule has 6 nitrogen and oxygen atoms in total. The minimum absolute atomic E-state index is 0.0444. The molecule has 1 saturated heterocycles. The Labute approximate surface area is 165 Å². The lowest BCUT2D eigenvalue weighted by molar-refractivity contribution is -0.907. The molecule has 0 aliphatic carbocycles. The van der Waals surface area contributed by atoms with E-state index in [1.165, 1.54) is 10.5 Å². The standard InChI is InChI=1S/C20H28N4O2S/c1-14-10-15(2)18-16(11-14)12-17(19(25)22-18)13-24(20(27)21-3)5-4-23-6-8-26-9-7-23/h10-12H,4-9,13H2,1-3H3,(H,21,27)(H,22,25)/p+1. The van der Waals surface area contributed by atoms with Crippen molar-refractivity contribution < 1.29 is 9.64 Å². The first kappa shape index (κ1) is 19.8.